The average Bonchev–Trinajstić information content (AvgIpc) is 3.28. The Bertz CT molecular complexity index is 927. The standard InChI is InChI=1S/C22H21N3O2/c26-21(19-9-4-8-18(16-19)17-6-2-1-3-7-17)24-12-14-25(15-13-24)22(27)20-10-5-11-23-20/h1-11,16,23H,12-15H2. The number of piperazine rings is 1. The predicted octanol–water partition coefficient (Wildman–Crippen LogP) is 3.28. The van der Waals surface area contributed by atoms with Gasteiger partial charge in [-0.15, -0.1) is 0 Å². The molecule has 1 aliphatic rings. The fourth-order valence-corrected chi connectivity index (χ4v) is 3.39. The van der Waals surface area contributed by atoms with Gasteiger partial charge in [0.05, 0.1) is 0 Å². The SMILES string of the molecule is O=C(c1cccc(-c2ccccc2)c1)N1CCN(C(=O)c2ccc[nH]2)CC1. The Kier molecular flexibility index (Phi) is 4.75. The van der Waals surface area contributed by atoms with Crippen molar-refractivity contribution in [2.75, 3.05) is 26.2 Å². The molecule has 0 atom stereocenters. The van der Waals surface area contributed by atoms with Gasteiger partial charge in [-0.3, -0.25) is 9.59 Å². The molecule has 0 aliphatic carbocycles. The van der Waals surface area contributed by atoms with Crippen LogP contribution in [0.15, 0.2) is 72.9 Å². The number of benzene rings is 2. The second-order valence-electron chi connectivity index (χ2n) is 6.62. The van der Waals surface area contributed by atoms with Crippen LogP contribution in [-0.4, -0.2) is 52.8 Å². The molecule has 5 nitrogen and oxygen atoms in total. The molecule has 0 radical (unpaired) electrons. The molecule has 5 heteroatoms. The van der Waals surface area contributed by atoms with Crippen LogP contribution in [0.4, 0.5) is 0 Å². The Balaban J connectivity index is 1.43. The van der Waals surface area contributed by atoms with E-state index in [0.717, 1.165) is 11.1 Å². The van der Waals surface area contributed by atoms with Gasteiger partial charge in [-0.05, 0) is 35.4 Å². The molecule has 0 saturated carbocycles. The molecule has 1 aliphatic heterocycles. The highest BCUT2D eigenvalue weighted by molar-refractivity contribution is 5.96. The van der Waals surface area contributed by atoms with Crippen molar-refractivity contribution in [1.82, 2.24) is 14.8 Å². The van der Waals surface area contributed by atoms with Gasteiger partial charge in [0.25, 0.3) is 11.8 Å². The van der Waals surface area contributed by atoms with Crippen molar-refractivity contribution in [3.63, 3.8) is 0 Å². The van der Waals surface area contributed by atoms with E-state index < -0.39 is 0 Å². The largest absolute Gasteiger partial charge is 0.357 e. The summed E-state index contributed by atoms with van der Waals surface area (Å²) in [6.07, 6.45) is 1.74. The minimum absolute atomic E-state index is 0.0137. The third-order valence-corrected chi connectivity index (χ3v) is 4.90. The lowest BCUT2D eigenvalue weighted by molar-refractivity contribution is 0.0532. The van der Waals surface area contributed by atoms with Crippen molar-refractivity contribution < 1.29 is 9.59 Å². The number of nitrogens with zero attached hydrogens (tertiary/aromatic N) is 2. The molecule has 136 valence electrons. The molecular formula is C22H21N3O2. The summed E-state index contributed by atoms with van der Waals surface area (Å²) in [6, 6.07) is 21.3. The lowest BCUT2D eigenvalue weighted by Crippen LogP contribution is -2.50. The molecule has 1 N–H and O–H groups in total. The molecule has 2 heterocycles. The molecule has 0 bridgehead atoms. The van der Waals surface area contributed by atoms with Gasteiger partial charge in [0.1, 0.15) is 5.69 Å². The van der Waals surface area contributed by atoms with Gasteiger partial charge >= 0.3 is 0 Å². The van der Waals surface area contributed by atoms with E-state index in [9.17, 15) is 9.59 Å². The first-order valence-corrected chi connectivity index (χ1v) is 9.10. The molecule has 4 rings (SSSR count). The normalized spacial score (nSPS) is 14.2. The van der Waals surface area contributed by atoms with E-state index in [1.54, 1.807) is 17.2 Å². The van der Waals surface area contributed by atoms with Crippen LogP contribution >= 0.6 is 0 Å². The van der Waals surface area contributed by atoms with Gasteiger partial charge in [0.2, 0.25) is 0 Å². The molecule has 1 aromatic heterocycles. The number of H-pyrrole nitrogens is 1. The number of aromatic amines is 1. The summed E-state index contributed by atoms with van der Waals surface area (Å²) in [6.45, 7) is 2.17. The van der Waals surface area contributed by atoms with Crippen LogP contribution in [0.25, 0.3) is 11.1 Å². The van der Waals surface area contributed by atoms with Crippen LogP contribution in [0.5, 0.6) is 0 Å². The zero-order valence-corrected chi connectivity index (χ0v) is 15.0. The first kappa shape index (κ1) is 17.1. The number of carbonyl (C=O) groups is 2. The topological polar surface area (TPSA) is 56.4 Å². The number of aromatic nitrogens is 1. The number of hydrogen-bond acceptors (Lipinski definition) is 2. The molecule has 0 unspecified atom stereocenters. The first-order chi connectivity index (χ1) is 13.2. The van der Waals surface area contributed by atoms with Crippen molar-refractivity contribution in [3.05, 3.63) is 84.2 Å². The van der Waals surface area contributed by atoms with E-state index in [1.165, 1.54) is 0 Å². The van der Waals surface area contributed by atoms with Gasteiger partial charge in [-0.1, -0.05) is 42.5 Å². The Morgan fingerprint density at radius 1 is 0.704 bits per heavy atom. The van der Waals surface area contributed by atoms with Crippen LogP contribution in [-0.2, 0) is 0 Å². The van der Waals surface area contributed by atoms with Crippen LogP contribution in [0.3, 0.4) is 0 Å². The lowest BCUT2D eigenvalue weighted by Gasteiger charge is -2.34. The highest BCUT2D eigenvalue weighted by atomic mass is 16.2. The van der Waals surface area contributed by atoms with E-state index >= 15 is 0 Å². The smallest absolute Gasteiger partial charge is 0.270 e. The number of rotatable bonds is 3. The molecule has 2 aromatic carbocycles. The summed E-state index contributed by atoms with van der Waals surface area (Å²) in [4.78, 5) is 31.9. The lowest BCUT2D eigenvalue weighted by atomic mass is 10.0. The van der Waals surface area contributed by atoms with E-state index in [0.29, 0.717) is 37.4 Å². The van der Waals surface area contributed by atoms with Crippen molar-refractivity contribution >= 4 is 11.8 Å². The van der Waals surface area contributed by atoms with Crippen molar-refractivity contribution in [2.24, 2.45) is 0 Å². The van der Waals surface area contributed by atoms with E-state index in [1.807, 2.05) is 65.6 Å². The predicted molar refractivity (Wildman–Crippen MR) is 104 cm³/mol. The van der Waals surface area contributed by atoms with Crippen molar-refractivity contribution in [1.29, 1.82) is 0 Å². The van der Waals surface area contributed by atoms with Gasteiger partial charge < -0.3 is 14.8 Å². The van der Waals surface area contributed by atoms with E-state index in [2.05, 4.69) is 4.98 Å². The minimum atomic E-state index is -0.0156. The van der Waals surface area contributed by atoms with Gasteiger partial charge in [-0.2, -0.15) is 0 Å². The van der Waals surface area contributed by atoms with Crippen LogP contribution < -0.4 is 0 Å². The number of carbonyl (C=O) groups excluding carboxylic acids is 2. The maximum absolute atomic E-state index is 12.9. The highest BCUT2D eigenvalue weighted by Crippen LogP contribution is 2.21. The molecule has 0 spiro atoms. The molecule has 2 amide bonds. The van der Waals surface area contributed by atoms with Crippen molar-refractivity contribution in [3.8, 4) is 11.1 Å². The molecule has 27 heavy (non-hydrogen) atoms. The zero-order valence-electron chi connectivity index (χ0n) is 15.0. The van der Waals surface area contributed by atoms with E-state index in [-0.39, 0.29) is 11.8 Å². The average molecular weight is 359 g/mol. The summed E-state index contributed by atoms with van der Waals surface area (Å²) in [5.74, 6) is -0.00192. The Morgan fingerprint density at radius 2 is 1.37 bits per heavy atom. The summed E-state index contributed by atoms with van der Waals surface area (Å²) in [7, 11) is 0. The fourth-order valence-electron chi connectivity index (χ4n) is 3.39. The number of hydrogen-bond donors (Lipinski definition) is 1. The Labute approximate surface area is 158 Å². The monoisotopic (exact) mass is 359 g/mol. The maximum Gasteiger partial charge on any atom is 0.270 e. The van der Waals surface area contributed by atoms with Crippen LogP contribution in [0.1, 0.15) is 20.8 Å². The Morgan fingerprint density at radius 3 is 2.04 bits per heavy atom. The van der Waals surface area contributed by atoms with Gasteiger partial charge in [0.15, 0.2) is 0 Å². The van der Waals surface area contributed by atoms with E-state index in [4.69, 9.17) is 0 Å². The number of amides is 2. The van der Waals surface area contributed by atoms with Crippen molar-refractivity contribution in [2.45, 2.75) is 0 Å². The first-order valence-electron chi connectivity index (χ1n) is 9.10. The minimum Gasteiger partial charge on any atom is -0.357 e. The van der Waals surface area contributed by atoms with Gasteiger partial charge in [0, 0.05) is 37.9 Å². The van der Waals surface area contributed by atoms with Gasteiger partial charge in [-0.25, -0.2) is 0 Å². The summed E-state index contributed by atoms with van der Waals surface area (Å²) >= 11 is 0. The maximum atomic E-state index is 12.9. The molecular weight excluding hydrogens is 338 g/mol. The second-order valence-corrected chi connectivity index (χ2v) is 6.62. The second kappa shape index (κ2) is 7.50. The number of nitrogens with one attached hydrogen (secondary N) is 1. The summed E-state index contributed by atoms with van der Waals surface area (Å²) in [5, 5.41) is 0. The third-order valence-electron chi connectivity index (χ3n) is 4.90. The Hall–Kier alpha value is -3.34. The van der Waals surface area contributed by atoms with Crippen LogP contribution in [0.2, 0.25) is 0 Å². The summed E-state index contributed by atoms with van der Waals surface area (Å²) in [5.41, 5.74) is 3.39. The molecule has 3 aromatic rings. The quantitative estimate of drug-likeness (QED) is 0.780. The third kappa shape index (κ3) is 3.62. The zero-order chi connectivity index (χ0) is 18.6. The molecule has 1 fully saturated rings. The highest BCUT2D eigenvalue weighted by Gasteiger charge is 2.25. The van der Waals surface area contributed by atoms with Crippen LogP contribution in [0, 0.1) is 0 Å². The molecule has 1 saturated heterocycles. The fraction of sp³-hybridized carbons (Fsp3) is 0.182. The summed E-state index contributed by atoms with van der Waals surface area (Å²) < 4.78 is 0.